The van der Waals surface area contributed by atoms with Crippen molar-refractivity contribution in [3.63, 3.8) is 0 Å². The van der Waals surface area contributed by atoms with E-state index in [2.05, 4.69) is 30.0 Å². The number of hydrogen-bond donors (Lipinski definition) is 1. The minimum atomic E-state index is 0.614. The van der Waals surface area contributed by atoms with Crippen LogP contribution in [-0.4, -0.2) is 37.1 Å². The van der Waals surface area contributed by atoms with Crippen LogP contribution in [-0.2, 0) is 0 Å². The van der Waals surface area contributed by atoms with Crippen LogP contribution in [0.1, 0.15) is 33.1 Å². The molecule has 1 aliphatic heterocycles. The maximum atomic E-state index is 5.21. The fourth-order valence-electron chi connectivity index (χ4n) is 2.21. The molecule has 0 aromatic heterocycles. The second-order valence-corrected chi connectivity index (χ2v) is 4.76. The average molecular weight is 208 g/mol. The van der Waals surface area contributed by atoms with Crippen molar-refractivity contribution < 1.29 is 0 Å². The number of nitrogens with one attached hydrogen (secondary N) is 1. The predicted molar refractivity (Wildman–Crippen MR) is 65.8 cm³/mol. The van der Waals surface area contributed by atoms with Crippen LogP contribution in [0.25, 0.3) is 0 Å². The van der Waals surface area contributed by atoms with E-state index in [4.69, 9.17) is 6.42 Å². The van der Waals surface area contributed by atoms with Crippen molar-refractivity contribution in [3.8, 4) is 12.3 Å². The Hall–Kier alpha value is -0.520. The lowest BCUT2D eigenvalue weighted by Gasteiger charge is -2.27. The lowest BCUT2D eigenvalue weighted by molar-refractivity contribution is 0.211. The molecule has 1 rings (SSSR count). The molecule has 1 aliphatic rings. The summed E-state index contributed by atoms with van der Waals surface area (Å²) in [5.74, 6) is 3.52. The lowest BCUT2D eigenvalue weighted by atomic mass is 10.0. The van der Waals surface area contributed by atoms with Crippen molar-refractivity contribution in [1.29, 1.82) is 0 Å². The van der Waals surface area contributed by atoms with Gasteiger partial charge in [0.05, 0.1) is 6.54 Å². The molecular weight excluding hydrogens is 184 g/mol. The topological polar surface area (TPSA) is 15.3 Å². The second-order valence-electron chi connectivity index (χ2n) is 4.76. The van der Waals surface area contributed by atoms with E-state index >= 15 is 0 Å². The number of terminal acetylenes is 1. The van der Waals surface area contributed by atoms with Gasteiger partial charge in [-0.25, -0.2) is 0 Å². The molecule has 1 N–H and O–H groups in total. The first kappa shape index (κ1) is 12.5. The summed E-state index contributed by atoms with van der Waals surface area (Å²) >= 11 is 0. The highest BCUT2D eigenvalue weighted by Gasteiger charge is 2.17. The molecule has 0 aliphatic carbocycles. The molecule has 0 saturated carbocycles. The zero-order valence-corrected chi connectivity index (χ0v) is 10.1. The highest BCUT2D eigenvalue weighted by atomic mass is 15.2. The zero-order chi connectivity index (χ0) is 11.1. The number of likely N-dealkylation sites (tertiary alicyclic amines) is 1. The molecule has 0 bridgehead atoms. The van der Waals surface area contributed by atoms with E-state index in [-0.39, 0.29) is 0 Å². The van der Waals surface area contributed by atoms with Crippen molar-refractivity contribution in [2.24, 2.45) is 5.92 Å². The van der Waals surface area contributed by atoms with Gasteiger partial charge in [0.1, 0.15) is 0 Å². The summed E-state index contributed by atoms with van der Waals surface area (Å²) < 4.78 is 0. The Labute approximate surface area is 94.4 Å². The summed E-state index contributed by atoms with van der Waals surface area (Å²) in [6.07, 6.45) is 9.29. The molecule has 2 heteroatoms. The Kier molecular flexibility index (Phi) is 5.75. The smallest absolute Gasteiger partial charge is 0.0574 e. The van der Waals surface area contributed by atoms with E-state index in [1.807, 2.05) is 0 Å². The van der Waals surface area contributed by atoms with Crippen LogP contribution in [0.4, 0.5) is 0 Å². The average Bonchev–Trinajstić information content (AvgIpc) is 2.43. The molecule has 0 amide bonds. The number of nitrogens with zero attached hydrogens (tertiary/aromatic N) is 1. The first-order chi connectivity index (χ1) is 7.24. The summed E-state index contributed by atoms with van der Waals surface area (Å²) in [5.41, 5.74) is 0. The Balaban J connectivity index is 2.25. The second kappa shape index (κ2) is 6.87. The largest absolute Gasteiger partial charge is 0.305 e. The van der Waals surface area contributed by atoms with Gasteiger partial charge < -0.3 is 5.32 Å². The first-order valence-electron chi connectivity index (χ1n) is 6.12. The summed E-state index contributed by atoms with van der Waals surface area (Å²) in [5, 5.41) is 3.29. The van der Waals surface area contributed by atoms with E-state index in [1.54, 1.807) is 0 Å². The van der Waals surface area contributed by atoms with Crippen LogP contribution in [0.15, 0.2) is 0 Å². The quantitative estimate of drug-likeness (QED) is 0.559. The van der Waals surface area contributed by atoms with Gasteiger partial charge in [-0.15, -0.1) is 6.42 Å². The zero-order valence-electron chi connectivity index (χ0n) is 10.1. The lowest BCUT2D eigenvalue weighted by Crippen LogP contribution is -2.41. The summed E-state index contributed by atoms with van der Waals surface area (Å²) in [4.78, 5) is 2.59. The van der Waals surface area contributed by atoms with Crippen LogP contribution in [0.2, 0.25) is 0 Å². The molecule has 2 unspecified atom stereocenters. The third-order valence-corrected chi connectivity index (χ3v) is 3.34. The third-order valence-electron chi connectivity index (χ3n) is 3.34. The fourth-order valence-corrected chi connectivity index (χ4v) is 2.21. The minimum absolute atomic E-state index is 0.614. The predicted octanol–water partition coefficient (Wildman–Crippen LogP) is 1.72. The summed E-state index contributed by atoms with van der Waals surface area (Å²) in [7, 11) is 0. The standard InChI is InChI=1S/C13H24N2/c1-4-8-14-11-13(3)15-9-5-6-12(2)7-10-15/h1,12-14H,5-11H2,2-3H3. The molecule has 0 radical (unpaired) electrons. The fraction of sp³-hybridized carbons (Fsp3) is 0.846. The Morgan fingerprint density at radius 1 is 1.47 bits per heavy atom. The van der Waals surface area contributed by atoms with Crippen LogP contribution in [0.5, 0.6) is 0 Å². The van der Waals surface area contributed by atoms with Gasteiger partial charge in [0.2, 0.25) is 0 Å². The maximum Gasteiger partial charge on any atom is 0.0574 e. The van der Waals surface area contributed by atoms with Crippen molar-refractivity contribution in [2.75, 3.05) is 26.2 Å². The molecule has 15 heavy (non-hydrogen) atoms. The monoisotopic (exact) mass is 208 g/mol. The van der Waals surface area contributed by atoms with Crippen molar-refractivity contribution in [1.82, 2.24) is 10.2 Å². The number of rotatable bonds is 4. The van der Waals surface area contributed by atoms with E-state index in [0.29, 0.717) is 12.6 Å². The molecule has 2 nitrogen and oxygen atoms in total. The summed E-state index contributed by atoms with van der Waals surface area (Å²) in [6, 6.07) is 0.614. The molecule has 2 atom stereocenters. The van der Waals surface area contributed by atoms with Gasteiger partial charge in [0.15, 0.2) is 0 Å². The highest BCUT2D eigenvalue weighted by molar-refractivity contribution is 4.87. The Morgan fingerprint density at radius 3 is 3.00 bits per heavy atom. The number of hydrogen-bond acceptors (Lipinski definition) is 2. The third kappa shape index (κ3) is 4.68. The van der Waals surface area contributed by atoms with Gasteiger partial charge in [0, 0.05) is 12.6 Å². The van der Waals surface area contributed by atoms with Crippen molar-refractivity contribution in [2.45, 2.75) is 39.2 Å². The first-order valence-corrected chi connectivity index (χ1v) is 6.12. The van der Waals surface area contributed by atoms with E-state index in [0.717, 1.165) is 12.5 Å². The summed E-state index contributed by atoms with van der Waals surface area (Å²) in [6.45, 7) is 8.86. The molecule has 86 valence electrons. The molecule has 0 aromatic rings. The van der Waals surface area contributed by atoms with Crippen LogP contribution in [0.3, 0.4) is 0 Å². The molecule has 0 spiro atoms. The van der Waals surface area contributed by atoms with Gasteiger partial charge in [-0.3, -0.25) is 4.90 Å². The molecule has 1 heterocycles. The van der Waals surface area contributed by atoms with E-state index in [1.165, 1.54) is 32.4 Å². The molecule has 1 fully saturated rings. The molecule has 1 saturated heterocycles. The van der Waals surface area contributed by atoms with Gasteiger partial charge >= 0.3 is 0 Å². The minimum Gasteiger partial charge on any atom is -0.305 e. The van der Waals surface area contributed by atoms with Crippen LogP contribution in [0, 0.1) is 18.3 Å². The Bertz CT molecular complexity index is 207. The highest BCUT2D eigenvalue weighted by Crippen LogP contribution is 2.17. The van der Waals surface area contributed by atoms with Gasteiger partial charge in [-0.2, -0.15) is 0 Å². The van der Waals surface area contributed by atoms with Gasteiger partial charge in [-0.05, 0) is 45.2 Å². The normalized spacial score (nSPS) is 25.5. The van der Waals surface area contributed by atoms with E-state index in [9.17, 15) is 0 Å². The van der Waals surface area contributed by atoms with Crippen molar-refractivity contribution in [3.05, 3.63) is 0 Å². The maximum absolute atomic E-state index is 5.21. The van der Waals surface area contributed by atoms with Crippen LogP contribution >= 0.6 is 0 Å². The van der Waals surface area contributed by atoms with Gasteiger partial charge in [-0.1, -0.05) is 12.8 Å². The Morgan fingerprint density at radius 2 is 2.27 bits per heavy atom. The van der Waals surface area contributed by atoms with Crippen molar-refractivity contribution >= 4 is 0 Å². The van der Waals surface area contributed by atoms with Crippen LogP contribution < -0.4 is 5.32 Å². The molecule has 0 aromatic carbocycles. The SMILES string of the molecule is C#CCNCC(C)N1CCCC(C)CC1. The van der Waals surface area contributed by atoms with Gasteiger partial charge in [0.25, 0.3) is 0 Å². The molecular formula is C13H24N2. The van der Waals surface area contributed by atoms with E-state index < -0.39 is 0 Å².